The molecule has 1 unspecified atom stereocenters. The molecule has 1 heterocycles. The van der Waals surface area contributed by atoms with E-state index in [4.69, 9.17) is 0 Å². The van der Waals surface area contributed by atoms with Gasteiger partial charge in [0.15, 0.2) is 0 Å². The summed E-state index contributed by atoms with van der Waals surface area (Å²) in [4.78, 5) is 0. The highest BCUT2D eigenvalue weighted by molar-refractivity contribution is 7.78. The van der Waals surface area contributed by atoms with Crippen LogP contribution in [0.25, 0.3) is 11.1 Å². The second kappa shape index (κ2) is 4.93. The number of benzene rings is 3. The van der Waals surface area contributed by atoms with Crippen molar-refractivity contribution in [3.05, 3.63) is 84.2 Å². The molecular weight excluding hydrogens is 294 g/mol. The number of fused-ring (bicyclic) bond motifs is 3. The first-order valence-electron chi connectivity index (χ1n) is 7.22. The molecule has 3 aromatic rings. The van der Waals surface area contributed by atoms with Crippen molar-refractivity contribution in [2.75, 3.05) is 0 Å². The van der Waals surface area contributed by atoms with E-state index in [1.54, 1.807) is 6.07 Å². The number of hydrogen-bond donors (Lipinski definition) is 0. The SMILES string of the molecule is O=P1(c2ccccc2)Cc2c(F)cccc2-c2ccccc21. The molecule has 1 nitrogen and oxygen atoms in total. The zero-order chi connectivity index (χ0) is 15.2. The van der Waals surface area contributed by atoms with Gasteiger partial charge in [-0.1, -0.05) is 66.7 Å². The minimum Gasteiger partial charge on any atom is -0.313 e. The van der Waals surface area contributed by atoms with E-state index in [0.29, 0.717) is 5.56 Å². The molecule has 0 aromatic heterocycles. The molecule has 1 aliphatic rings. The van der Waals surface area contributed by atoms with Crippen LogP contribution < -0.4 is 10.6 Å². The van der Waals surface area contributed by atoms with E-state index < -0.39 is 7.14 Å². The maximum absolute atomic E-state index is 14.3. The Labute approximate surface area is 128 Å². The molecule has 0 fully saturated rings. The summed E-state index contributed by atoms with van der Waals surface area (Å²) in [6.45, 7) is 0. The average molecular weight is 308 g/mol. The van der Waals surface area contributed by atoms with Crippen molar-refractivity contribution in [2.45, 2.75) is 6.16 Å². The summed E-state index contributed by atoms with van der Waals surface area (Å²) in [6, 6.07) is 22.2. The maximum Gasteiger partial charge on any atom is 0.148 e. The Hall–Kier alpha value is -2.18. The van der Waals surface area contributed by atoms with Gasteiger partial charge in [0.2, 0.25) is 0 Å². The summed E-state index contributed by atoms with van der Waals surface area (Å²) in [5.74, 6) is -0.275. The Kier molecular flexibility index (Phi) is 3.02. The molecule has 0 saturated heterocycles. The fourth-order valence-electron chi connectivity index (χ4n) is 3.20. The van der Waals surface area contributed by atoms with E-state index in [0.717, 1.165) is 21.7 Å². The van der Waals surface area contributed by atoms with Crippen LogP contribution in [0.2, 0.25) is 0 Å². The van der Waals surface area contributed by atoms with E-state index in [1.165, 1.54) is 6.07 Å². The normalized spacial score (nSPS) is 19.3. The van der Waals surface area contributed by atoms with Crippen LogP contribution in [0.15, 0.2) is 72.8 Å². The Morgan fingerprint density at radius 3 is 2.27 bits per heavy atom. The molecule has 0 radical (unpaired) electrons. The van der Waals surface area contributed by atoms with Crippen LogP contribution in [0.4, 0.5) is 4.39 Å². The van der Waals surface area contributed by atoms with Crippen molar-refractivity contribution in [3.63, 3.8) is 0 Å². The molecule has 0 saturated carbocycles. The molecule has 0 aliphatic carbocycles. The monoisotopic (exact) mass is 308 g/mol. The van der Waals surface area contributed by atoms with E-state index >= 15 is 0 Å². The predicted octanol–water partition coefficient (Wildman–Crippen LogP) is 4.32. The van der Waals surface area contributed by atoms with Gasteiger partial charge in [0, 0.05) is 22.3 Å². The molecule has 3 heteroatoms. The van der Waals surface area contributed by atoms with Gasteiger partial charge in [-0.25, -0.2) is 4.39 Å². The molecule has 4 rings (SSSR count). The fourth-order valence-corrected chi connectivity index (χ4v) is 6.16. The molecule has 0 bridgehead atoms. The second-order valence-corrected chi connectivity index (χ2v) is 8.31. The molecule has 108 valence electrons. The van der Waals surface area contributed by atoms with Crippen LogP contribution in [-0.2, 0) is 10.7 Å². The quantitative estimate of drug-likeness (QED) is 0.612. The van der Waals surface area contributed by atoms with Gasteiger partial charge in [-0.3, -0.25) is 0 Å². The van der Waals surface area contributed by atoms with E-state index in [9.17, 15) is 8.96 Å². The van der Waals surface area contributed by atoms with E-state index in [1.807, 2.05) is 60.7 Å². The standard InChI is InChI=1S/C19H14FOP/c20-18-11-6-10-15-16-9-4-5-12-19(16)22(21,13-17(15)18)14-7-2-1-3-8-14/h1-12H,13H2. The fraction of sp³-hybridized carbons (Fsp3) is 0.0526. The zero-order valence-corrected chi connectivity index (χ0v) is 12.8. The lowest BCUT2D eigenvalue weighted by atomic mass is 9.99. The van der Waals surface area contributed by atoms with Crippen LogP contribution in [-0.4, -0.2) is 0 Å². The summed E-state index contributed by atoms with van der Waals surface area (Å²) in [7, 11) is -2.86. The van der Waals surface area contributed by atoms with Crippen LogP contribution in [0, 0.1) is 5.82 Å². The molecule has 3 aromatic carbocycles. The summed E-state index contributed by atoms with van der Waals surface area (Å²) in [6.07, 6.45) is 0.246. The van der Waals surface area contributed by atoms with Gasteiger partial charge >= 0.3 is 0 Å². The summed E-state index contributed by atoms with van der Waals surface area (Å²) in [5, 5.41) is 1.62. The smallest absolute Gasteiger partial charge is 0.148 e. The van der Waals surface area contributed by atoms with Gasteiger partial charge in [-0.2, -0.15) is 0 Å². The molecule has 0 spiro atoms. The van der Waals surface area contributed by atoms with E-state index in [2.05, 4.69) is 0 Å². The highest BCUT2D eigenvalue weighted by Crippen LogP contribution is 2.54. The number of rotatable bonds is 1. The minimum atomic E-state index is -2.86. The van der Waals surface area contributed by atoms with Crippen molar-refractivity contribution in [2.24, 2.45) is 0 Å². The topological polar surface area (TPSA) is 17.1 Å². The summed E-state index contributed by atoms with van der Waals surface area (Å²) in [5.41, 5.74) is 2.31. The van der Waals surface area contributed by atoms with Crippen molar-refractivity contribution >= 4 is 17.8 Å². The third-order valence-corrected chi connectivity index (χ3v) is 7.32. The van der Waals surface area contributed by atoms with Crippen LogP contribution >= 0.6 is 7.14 Å². The Morgan fingerprint density at radius 1 is 0.773 bits per heavy atom. The van der Waals surface area contributed by atoms with Crippen LogP contribution in [0.3, 0.4) is 0 Å². The van der Waals surface area contributed by atoms with E-state index in [-0.39, 0.29) is 12.0 Å². The van der Waals surface area contributed by atoms with Crippen LogP contribution in [0.5, 0.6) is 0 Å². The number of halogens is 1. The second-order valence-electron chi connectivity index (χ2n) is 5.52. The van der Waals surface area contributed by atoms with Crippen molar-refractivity contribution in [1.29, 1.82) is 0 Å². The van der Waals surface area contributed by atoms with Crippen LogP contribution in [0.1, 0.15) is 5.56 Å². The van der Waals surface area contributed by atoms with Gasteiger partial charge in [0.25, 0.3) is 0 Å². The van der Waals surface area contributed by atoms with Crippen molar-refractivity contribution < 1.29 is 8.96 Å². The van der Waals surface area contributed by atoms with Crippen molar-refractivity contribution in [3.8, 4) is 11.1 Å². The minimum absolute atomic E-state index is 0.246. The van der Waals surface area contributed by atoms with Gasteiger partial charge in [-0.15, -0.1) is 0 Å². The Morgan fingerprint density at radius 2 is 1.45 bits per heavy atom. The molecule has 0 N–H and O–H groups in total. The predicted molar refractivity (Wildman–Crippen MR) is 88.9 cm³/mol. The lowest BCUT2D eigenvalue weighted by Crippen LogP contribution is -2.23. The first-order chi connectivity index (χ1) is 10.7. The summed E-state index contributed by atoms with van der Waals surface area (Å²) < 4.78 is 28.1. The van der Waals surface area contributed by atoms with Gasteiger partial charge in [-0.05, 0) is 17.2 Å². The zero-order valence-electron chi connectivity index (χ0n) is 11.9. The molecule has 0 amide bonds. The lowest BCUT2D eigenvalue weighted by Gasteiger charge is -2.28. The third-order valence-electron chi connectivity index (χ3n) is 4.26. The van der Waals surface area contributed by atoms with Gasteiger partial charge < -0.3 is 4.57 Å². The largest absolute Gasteiger partial charge is 0.313 e. The van der Waals surface area contributed by atoms with Crippen molar-refractivity contribution in [1.82, 2.24) is 0 Å². The first kappa shape index (κ1) is 13.5. The first-order valence-corrected chi connectivity index (χ1v) is 9.11. The lowest BCUT2D eigenvalue weighted by molar-refractivity contribution is 0.581. The highest BCUT2D eigenvalue weighted by Gasteiger charge is 2.36. The summed E-state index contributed by atoms with van der Waals surface area (Å²) >= 11 is 0. The molecule has 1 atom stereocenters. The Balaban J connectivity index is 2.06. The maximum atomic E-state index is 14.3. The number of hydrogen-bond acceptors (Lipinski definition) is 1. The van der Waals surface area contributed by atoms with Gasteiger partial charge in [0.05, 0.1) is 0 Å². The third kappa shape index (κ3) is 1.88. The molecular formula is C19H14FOP. The highest BCUT2D eigenvalue weighted by atomic mass is 31.2. The van der Waals surface area contributed by atoms with Gasteiger partial charge in [0.1, 0.15) is 13.0 Å². The molecule has 22 heavy (non-hydrogen) atoms. The average Bonchev–Trinajstić information content (AvgIpc) is 2.57. The molecule has 1 aliphatic heterocycles. The Bertz CT molecular complexity index is 902.